The number of hydrogen-bond donors (Lipinski definition) is 0. The number of aromatic nitrogens is 1. The molecule has 3 heterocycles. The Morgan fingerprint density at radius 1 is 1.09 bits per heavy atom. The average Bonchev–Trinajstić information content (AvgIpc) is 2.69. The summed E-state index contributed by atoms with van der Waals surface area (Å²) in [5.74, 6) is 0. The van der Waals surface area contributed by atoms with Crippen LogP contribution in [0, 0.1) is 0 Å². The third kappa shape index (κ3) is 2.75. The first kappa shape index (κ1) is 15.8. The molecular weight excluding hydrogens is 281 g/mol. The van der Waals surface area contributed by atoms with E-state index in [1.807, 2.05) is 38.5 Å². The first-order chi connectivity index (χ1) is 10.3. The molecule has 5 nitrogen and oxygen atoms in total. The monoisotopic (exact) mass is 305 g/mol. The summed E-state index contributed by atoms with van der Waals surface area (Å²) in [6.07, 6.45) is 3.62. The van der Waals surface area contributed by atoms with Crippen LogP contribution < -0.4 is 11.0 Å². The van der Waals surface area contributed by atoms with Crippen LogP contribution >= 0.6 is 0 Å². The third-order valence-electron chi connectivity index (χ3n) is 5.07. The first-order valence-corrected chi connectivity index (χ1v) is 7.96. The molecular formula is C16H24BNO4. The molecule has 2 fully saturated rings. The molecule has 0 spiro atoms. The van der Waals surface area contributed by atoms with Crippen LogP contribution in [0.5, 0.6) is 0 Å². The normalized spacial score (nSPS) is 24.6. The number of rotatable bonds is 2. The summed E-state index contributed by atoms with van der Waals surface area (Å²) in [6, 6.07) is 3.61. The molecule has 1 aromatic rings. The summed E-state index contributed by atoms with van der Waals surface area (Å²) in [6.45, 7) is 9.53. The van der Waals surface area contributed by atoms with Crippen LogP contribution in [-0.4, -0.2) is 36.1 Å². The molecule has 0 amide bonds. The lowest BCUT2D eigenvalue weighted by atomic mass is 9.80. The quantitative estimate of drug-likeness (QED) is 0.777. The highest BCUT2D eigenvalue weighted by molar-refractivity contribution is 6.62. The maximum absolute atomic E-state index is 12.2. The topological polar surface area (TPSA) is 49.7 Å². The number of pyridine rings is 1. The molecule has 0 unspecified atom stereocenters. The molecule has 0 aromatic carbocycles. The van der Waals surface area contributed by atoms with E-state index in [9.17, 15) is 4.79 Å². The van der Waals surface area contributed by atoms with Gasteiger partial charge in [-0.1, -0.05) is 6.07 Å². The zero-order valence-electron chi connectivity index (χ0n) is 13.8. The summed E-state index contributed by atoms with van der Waals surface area (Å²) in [4.78, 5) is 12.2. The van der Waals surface area contributed by atoms with Gasteiger partial charge in [-0.2, -0.15) is 0 Å². The van der Waals surface area contributed by atoms with Gasteiger partial charge < -0.3 is 18.6 Å². The average molecular weight is 305 g/mol. The molecule has 120 valence electrons. The first-order valence-electron chi connectivity index (χ1n) is 7.96. The van der Waals surface area contributed by atoms with E-state index in [4.69, 9.17) is 14.0 Å². The van der Waals surface area contributed by atoms with Crippen LogP contribution in [0.3, 0.4) is 0 Å². The second-order valence-electron chi connectivity index (χ2n) is 7.14. The van der Waals surface area contributed by atoms with Crippen molar-refractivity contribution in [2.24, 2.45) is 0 Å². The van der Waals surface area contributed by atoms with Gasteiger partial charge in [-0.3, -0.25) is 4.79 Å². The van der Waals surface area contributed by atoms with Crippen molar-refractivity contribution in [3.05, 3.63) is 28.7 Å². The second-order valence-corrected chi connectivity index (χ2v) is 7.14. The Bertz CT molecular complexity index is 588. The molecule has 2 saturated heterocycles. The Labute approximate surface area is 131 Å². The van der Waals surface area contributed by atoms with Crippen LogP contribution in [0.25, 0.3) is 0 Å². The Balaban J connectivity index is 1.88. The minimum absolute atomic E-state index is 0.0205. The van der Waals surface area contributed by atoms with Crippen molar-refractivity contribution in [3.63, 3.8) is 0 Å². The Hall–Kier alpha value is -1.11. The van der Waals surface area contributed by atoms with Gasteiger partial charge in [0.1, 0.15) is 0 Å². The second kappa shape index (κ2) is 5.51. The molecule has 1 aromatic heterocycles. The fourth-order valence-corrected chi connectivity index (χ4v) is 2.89. The van der Waals surface area contributed by atoms with Crippen molar-refractivity contribution >= 4 is 12.6 Å². The van der Waals surface area contributed by atoms with Gasteiger partial charge in [-0.15, -0.1) is 0 Å². The number of ether oxygens (including phenoxy) is 1. The van der Waals surface area contributed by atoms with Crippen molar-refractivity contribution in [2.75, 3.05) is 13.2 Å². The summed E-state index contributed by atoms with van der Waals surface area (Å²) in [7, 11) is -0.434. The fraction of sp³-hybridized carbons (Fsp3) is 0.688. The number of nitrogens with zero attached hydrogens (tertiary/aromatic N) is 1. The predicted octanol–water partition coefficient (Wildman–Crippen LogP) is 1.50. The van der Waals surface area contributed by atoms with E-state index in [-0.39, 0.29) is 22.8 Å². The highest BCUT2D eigenvalue weighted by Gasteiger charge is 2.51. The van der Waals surface area contributed by atoms with Crippen LogP contribution in [0.1, 0.15) is 46.6 Å². The van der Waals surface area contributed by atoms with Gasteiger partial charge in [0.05, 0.1) is 11.2 Å². The van der Waals surface area contributed by atoms with Crippen LogP contribution in [-0.2, 0) is 14.0 Å². The largest absolute Gasteiger partial charge is 0.496 e. The SMILES string of the molecule is CC1(C)OB(c2ccc(=O)n(C3CCOCC3)c2)OC1(C)C. The molecule has 2 aliphatic rings. The highest BCUT2D eigenvalue weighted by atomic mass is 16.7. The molecule has 0 atom stereocenters. The van der Waals surface area contributed by atoms with Gasteiger partial charge in [0, 0.05) is 31.5 Å². The van der Waals surface area contributed by atoms with Crippen molar-refractivity contribution in [1.82, 2.24) is 4.57 Å². The van der Waals surface area contributed by atoms with Crippen molar-refractivity contribution < 1.29 is 14.0 Å². The summed E-state index contributed by atoms with van der Waals surface area (Å²) >= 11 is 0. The van der Waals surface area contributed by atoms with E-state index < -0.39 is 7.12 Å². The Morgan fingerprint density at radius 3 is 2.27 bits per heavy atom. The Morgan fingerprint density at radius 2 is 1.68 bits per heavy atom. The van der Waals surface area contributed by atoms with Crippen LogP contribution in [0.4, 0.5) is 0 Å². The summed E-state index contributed by atoms with van der Waals surface area (Å²) in [5.41, 5.74) is 0.158. The summed E-state index contributed by atoms with van der Waals surface area (Å²) < 4.78 is 19.3. The zero-order chi connectivity index (χ0) is 16.0. The molecule has 0 N–H and O–H groups in total. The molecule has 6 heteroatoms. The lowest BCUT2D eigenvalue weighted by molar-refractivity contribution is 0.00578. The van der Waals surface area contributed by atoms with Crippen LogP contribution in [0.15, 0.2) is 23.1 Å². The lowest BCUT2D eigenvalue weighted by Crippen LogP contribution is -2.41. The van der Waals surface area contributed by atoms with E-state index in [1.54, 1.807) is 12.1 Å². The van der Waals surface area contributed by atoms with Crippen molar-refractivity contribution in [1.29, 1.82) is 0 Å². The molecule has 3 rings (SSSR count). The molecule has 0 bridgehead atoms. The fourth-order valence-electron chi connectivity index (χ4n) is 2.89. The maximum Gasteiger partial charge on any atom is 0.496 e. The minimum atomic E-state index is -0.434. The Kier molecular flexibility index (Phi) is 3.95. The molecule has 0 radical (unpaired) electrons. The maximum atomic E-state index is 12.2. The van der Waals surface area contributed by atoms with Gasteiger partial charge in [0.25, 0.3) is 5.56 Å². The molecule has 22 heavy (non-hydrogen) atoms. The summed E-state index contributed by atoms with van der Waals surface area (Å²) in [5, 5.41) is 0. The standard InChI is InChI=1S/C16H24BNO4/c1-15(2)16(3,4)22-17(21-15)12-5-6-14(19)18(11-12)13-7-9-20-10-8-13/h5-6,11,13H,7-10H2,1-4H3. The minimum Gasteiger partial charge on any atom is -0.399 e. The van der Waals surface area contributed by atoms with Gasteiger partial charge >= 0.3 is 7.12 Å². The molecule has 2 aliphatic heterocycles. The zero-order valence-corrected chi connectivity index (χ0v) is 13.8. The van der Waals surface area contributed by atoms with E-state index in [1.165, 1.54) is 0 Å². The predicted molar refractivity (Wildman–Crippen MR) is 85.5 cm³/mol. The van der Waals surface area contributed by atoms with E-state index >= 15 is 0 Å². The lowest BCUT2D eigenvalue weighted by Gasteiger charge is -2.32. The van der Waals surface area contributed by atoms with E-state index in [0.717, 1.165) is 18.3 Å². The molecule has 0 saturated carbocycles. The van der Waals surface area contributed by atoms with Gasteiger partial charge in [-0.25, -0.2) is 0 Å². The van der Waals surface area contributed by atoms with Gasteiger partial charge in [-0.05, 0) is 46.0 Å². The smallest absolute Gasteiger partial charge is 0.399 e. The van der Waals surface area contributed by atoms with E-state index in [0.29, 0.717) is 13.2 Å². The van der Waals surface area contributed by atoms with Gasteiger partial charge in [0.15, 0.2) is 0 Å². The van der Waals surface area contributed by atoms with Crippen molar-refractivity contribution in [3.8, 4) is 0 Å². The third-order valence-corrected chi connectivity index (χ3v) is 5.07. The number of hydrogen-bond acceptors (Lipinski definition) is 4. The van der Waals surface area contributed by atoms with Crippen LogP contribution in [0.2, 0.25) is 0 Å². The highest BCUT2D eigenvalue weighted by Crippen LogP contribution is 2.36. The van der Waals surface area contributed by atoms with E-state index in [2.05, 4.69) is 0 Å². The van der Waals surface area contributed by atoms with Gasteiger partial charge in [0.2, 0.25) is 0 Å². The van der Waals surface area contributed by atoms with Crippen molar-refractivity contribution in [2.45, 2.75) is 57.8 Å². The molecule has 0 aliphatic carbocycles.